The minimum absolute atomic E-state index is 0.143. The highest BCUT2D eigenvalue weighted by molar-refractivity contribution is 6.02. The zero-order valence-corrected chi connectivity index (χ0v) is 7.83. The molecule has 74 valence electrons. The molecule has 0 bridgehead atoms. The first-order chi connectivity index (χ1) is 5.99. The van der Waals surface area contributed by atoms with E-state index < -0.39 is 23.8 Å². The van der Waals surface area contributed by atoms with Gasteiger partial charge in [-0.05, 0) is 13.8 Å². The number of rotatable bonds is 4. The maximum atomic E-state index is 11.0. The van der Waals surface area contributed by atoms with Gasteiger partial charge >= 0.3 is 11.9 Å². The lowest BCUT2D eigenvalue weighted by molar-refractivity contribution is -0.169. The highest BCUT2D eigenvalue weighted by Crippen LogP contribution is 1.98. The fraction of sp³-hybridized carbons (Fsp3) is 0.625. The zero-order chi connectivity index (χ0) is 10.4. The van der Waals surface area contributed by atoms with Crippen LogP contribution in [0, 0.1) is 0 Å². The van der Waals surface area contributed by atoms with Crippen molar-refractivity contribution in [2.75, 3.05) is 6.61 Å². The van der Waals surface area contributed by atoms with Gasteiger partial charge in [0, 0.05) is 6.92 Å². The van der Waals surface area contributed by atoms with Gasteiger partial charge in [0.1, 0.15) is 0 Å². The number of carbonyl (C=O) groups excluding carboxylic acids is 3. The smallest absolute Gasteiger partial charge is 0.355 e. The Hall–Kier alpha value is -1.39. The summed E-state index contributed by atoms with van der Waals surface area (Å²) in [5.74, 6) is -2.06. The summed E-state index contributed by atoms with van der Waals surface area (Å²) in [5, 5.41) is 0. The first-order valence-electron chi connectivity index (χ1n) is 3.83. The molecule has 0 radical (unpaired) electrons. The van der Waals surface area contributed by atoms with Crippen molar-refractivity contribution >= 4 is 17.7 Å². The van der Waals surface area contributed by atoms with Gasteiger partial charge in [-0.1, -0.05) is 0 Å². The third kappa shape index (κ3) is 4.25. The fourth-order valence-electron chi connectivity index (χ4n) is 0.681. The van der Waals surface area contributed by atoms with Gasteiger partial charge in [0.2, 0.25) is 0 Å². The van der Waals surface area contributed by atoms with Crippen LogP contribution in [0.3, 0.4) is 0 Å². The fourth-order valence-corrected chi connectivity index (χ4v) is 0.681. The SMILES string of the molecule is CCOC(=O)[C@@H](OC(C)=O)C(C)=O. The highest BCUT2D eigenvalue weighted by Gasteiger charge is 2.27. The molecule has 13 heavy (non-hydrogen) atoms. The van der Waals surface area contributed by atoms with Crippen LogP contribution in [0.4, 0.5) is 0 Å². The van der Waals surface area contributed by atoms with Crippen molar-refractivity contribution < 1.29 is 23.9 Å². The Bertz CT molecular complexity index is 221. The average molecular weight is 188 g/mol. The third-order valence-electron chi connectivity index (χ3n) is 1.15. The first kappa shape index (κ1) is 11.6. The van der Waals surface area contributed by atoms with Gasteiger partial charge in [0.25, 0.3) is 6.10 Å². The van der Waals surface area contributed by atoms with E-state index in [4.69, 9.17) is 0 Å². The van der Waals surface area contributed by atoms with Gasteiger partial charge < -0.3 is 9.47 Å². The molecule has 5 nitrogen and oxygen atoms in total. The largest absolute Gasteiger partial charge is 0.463 e. The van der Waals surface area contributed by atoms with Crippen molar-refractivity contribution in [1.82, 2.24) is 0 Å². The van der Waals surface area contributed by atoms with Crippen LogP contribution in [0.25, 0.3) is 0 Å². The van der Waals surface area contributed by atoms with E-state index >= 15 is 0 Å². The first-order valence-corrected chi connectivity index (χ1v) is 3.83. The molecule has 0 aromatic rings. The van der Waals surface area contributed by atoms with E-state index in [1.54, 1.807) is 6.92 Å². The van der Waals surface area contributed by atoms with Crippen molar-refractivity contribution in [3.05, 3.63) is 0 Å². The lowest BCUT2D eigenvalue weighted by Gasteiger charge is -2.11. The highest BCUT2D eigenvalue weighted by atomic mass is 16.6. The average Bonchev–Trinajstić information content (AvgIpc) is 1.99. The van der Waals surface area contributed by atoms with Crippen LogP contribution in [-0.2, 0) is 23.9 Å². The molecule has 0 heterocycles. The predicted molar refractivity (Wildman–Crippen MR) is 42.9 cm³/mol. The number of ketones is 1. The van der Waals surface area contributed by atoms with Crippen LogP contribution in [-0.4, -0.2) is 30.4 Å². The van der Waals surface area contributed by atoms with E-state index in [9.17, 15) is 14.4 Å². The molecule has 0 N–H and O–H groups in total. The summed E-state index contributed by atoms with van der Waals surface area (Å²) in [5.41, 5.74) is 0. The minimum Gasteiger partial charge on any atom is -0.463 e. The van der Waals surface area contributed by atoms with Crippen molar-refractivity contribution in [3.63, 3.8) is 0 Å². The van der Waals surface area contributed by atoms with Crippen LogP contribution >= 0.6 is 0 Å². The maximum absolute atomic E-state index is 11.0. The van der Waals surface area contributed by atoms with Gasteiger partial charge in [-0.2, -0.15) is 0 Å². The van der Waals surface area contributed by atoms with E-state index in [2.05, 4.69) is 9.47 Å². The Balaban J connectivity index is 4.32. The summed E-state index contributed by atoms with van der Waals surface area (Å²) in [4.78, 5) is 32.3. The molecule has 0 unspecified atom stereocenters. The lowest BCUT2D eigenvalue weighted by Crippen LogP contribution is -2.34. The molecule has 0 saturated heterocycles. The van der Waals surface area contributed by atoms with Crippen molar-refractivity contribution in [1.29, 1.82) is 0 Å². The van der Waals surface area contributed by atoms with Crippen molar-refractivity contribution in [3.8, 4) is 0 Å². The number of hydrogen-bond donors (Lipinski definition) is 0. The second-order valence-corrected chi connectivity index (χ2v) is 2.35. The third-order valence-corrected chi connectivity index (χ3v) is 1.15. The molecular weight excluding hydrogens is 176 g/mol. The van der Waals surface area contributed by atoms with E-state index in [1.165, 1.54) is 0 Å². The standard InChI is InChI=1S/C8H12O5/c1-4-12-8(11)7(5(2)9)13-6(3)10/h7H,4H2,1-3H3/t7-/m0/s1. The summed E-state index contributed by atoms with van der Waals surface area (Å²) >= 11 is 0. The normalized spacial score (nSPS) is 11.6. The molecule has 0 aliphatic rings. The molecule has 0 rings (SSSR count). The van der Waals surface area contributed by atoms with Crippen LogP contribution in [0.1, 0.15) is 20.8 Å². The number of hydrogen-bond acceptors (Lipinski definition) is 5. The van der Waals surface area contributed by atoms with E-state index in [0.717, 1.165) is 13.8 Å². The Kier molecular flexibility index (Phi) is 4.72. The van der Waals surface area contributed by atoms with Gasteiger partial charge in [-0.15, -0.1) is 0 Å². The topological polar surface area (TPSA) is 69.7 Å². The van der Waals surface area contributed by atoms with Gasteiger partial charge in [0.05, 0.1) is 6.61 Å². The molecule has 0 aliphatic heterocycles. The van der Waals surface area contributed by atoms with E-state index in [-0.39, 0.29) is 6.61 Å². The van der Waals surface area contributed by atoms with Crippen LogP contribution < -0.4 is 0 Å². The molecule has 0 amide bonds. The summed E-state index contributed by atoms with van der Waals surface area (Å²) < 4.78 is 8.99. The molecule has 0 spiro atoms. The zero-order valence-electron chi connectivity index (χ0n) is 7.83. The monoisotopic (exact) mass is 188 g/mol. The number of ether oxygens (including phenoxy) is 2. The van der Waals surface area contributed by atoms with Gasteiger partial charge in [-0.25, -0.2) is 4.79 Å². The summed E-state index contributed by atoms with van der Waals surface area (Å²) in [6.07, 6.45) is -1.42. The van der Waals surface area contributed by atoms with Gasteiger partial charge in [-0.3, -0.25) is 9.59 Å². The molecule has 5 heteroatoms. The Morgan fingerprint density at radius 3 is 2.08 bits per heavy atom. The van der Waals surface area contributed by atoms with Crippen molar-refractivity contribution in [2.24, 2.45) is 0 Å². The second-order valence-electron chi connectivity index (χ2n) is 2.35. The Morgan fingerprint density at radius 2 is 1.77 bits per heavy atom. The summed E-state index contributed by atoms with van der Waals surface area (Å²) in [6.45, 7) is 4.02. The summed E-state index contributed by atoms with van der Waals surface area (Å²) in [7, 11) is 0. The van der Waals surface area contributed by atoms with E-state index in [1.807, 2.05) is 0 Å². The number of carbonyl (C=O) groups is 3. The minimum atomic E-state index is -1.42. The molecule has 0 aromatic heterocycles. The number of Topliss-reactive ketones (excluding diaryl/α,β-unsaturated/α-hetero) is 1. The lowest BCUT2D eigenvalue weighted by atomic mass is 10.2. The van der Waals surface area contributed by atoms with E-state index in [0.29, 0.717) is 0 Å². The Labute approximate surface area is 76.0 Å². The van der Waals surface area contributed by atoms with Crippen LogP contribution in [0.5, 0.6) is 0 Å². The summed E-state index contributed by atoms with van der Waals surface area (Å²) in [6, 6.07) is 0. The second kappa shape index (κ2) is 5.29. The Morgan fingerprint density at radius 1 is 1.23 bits per heavy atom. The predicted octanol–water partition coefficient (Wildman–Crippen LogP) is 0.0702. The number of esters is 2. The molecule has 0 fully saturated rings. The maximum Gasteiger partial charge on any atom is 0.355 e. The van der Waals surface area contributed by atoms with Gasteiger partial charge in [0.15, 0.2) is 5.78 Å². The van der Waals surface area contributed by atoms with Crippen LogP contribution in [0.2, 0.25) is 0 Å². The van der Waals surface area contributed by atoms with Crippen molar-refractivity contribution in [2.45, 2.75) is 26.9 Å². The molecular formula is C8H12O5. The molecule has 0 saturated carbocycles. The van der Waals surface area contributed by atoms with Crippen LogP contribution in [0.15, 0.2) is 0 Å². The quantitative estimate of drug-likeness (QED) is 0.461. The molecule has 1 atom stereocenters. The molecule has 0 aliphatic carbocycles. The molecule has 0 aromatic carbocycles.